The van der Waals surface area contributed by atoms with Crippen LogP contribution < -0.4 is 0 Å². The first kappa shape index (κ1) is 19.4. The Morgan fingerprint density at radius 3 is 2.19 bits per heavy atom. The molecule has 158 valence electrons. The zero-order chi connectivity index (χ0) is 21.5. The maximum absolute atomic E-state index is 12.9. The molecule has 2 atom stereocenters. The quantitative estimate of drug-likeness (QED) is 0.696. The molecule has 0 spiro atoms. The highest BCUT2D eigenvalue weighted by Crippen LogP contribution is 2.44. The summed E-state index contributed by atoms with van der Waals surface area (Å²) < 4.78 is 7.65. The molecule has 1 aliphatic heterocycles. The maximum atomic E-state index is 12.9. The van der Waals surface area contributed by atoms with Gasteiger partial charge in [-0.05, 0) is 34.4 Å². The number of hydrogen-bond acceptors (Lipinski definition) is 3. The summed E-state index contributed by atoms with van der Waals surface area (Å²) in [7, 11) is 1.89. The Hall–Kier alpha value is -3.54. The molecule has 1 amide bonds. The number of fused-ring (bicyclic) bond motifs is 3. The highest BCUT2D eigenvalue weighted by atomic mass is 16.6. The van der Waals surface area contributed by atoms with Crippen LogP contribution in [-0.2, 0) is 16.6 Å². The van der Waals surface area contributed by atoms with Gasteiger partial charge in [0.15, 0.2) is 0 Å². The van der Waals surface area contributed by atoms with Gasteiger partial charge in [-0.15, -0.1) is 0 Å². The van der Waals surface area contributed by atoms with Crippen molar-refractivity contribution < 1.29 is 19.4 Å². The first-order valence-electron chi connectivity index (χ1n) is 10.5. The Kier molecular flexibility index (Phi) is 4.77. The summed E-state index contributed by atoms with van der Waals surface area (Å²) in [4.78, 5) is 26.3. The van der Waals surface area contributed by atoms with E-state index in [9.17, 15) is 14.7 Å². The molecular weight excluding hydrogens is 392 g/mol. The molecule has 0 radical (unpaired) electrons. The van der Waals surface area contributed by atoms with Crippen molar-refractivity contribution in [3.8, 4) is 11.1 Å². The van der Waals surface area contributed by atoms with Gasteiger partial charge in [-0.1, -0.05) is 48.5 Å². The third kappa shape index (κ3) is 3.28. The lowest BCUT2D eigenvalue weighted by atomic mass is 9.93. The van der Waals surface area contributed by atoms with Gasteiger partial charge < -0.3 is 19.3 Å². The third-order valence-corrected chi connectivity index (χ3v) is 6.60. The van der Waals surface area contributed by atoms with Gasteiger partial charge in [0, 0.05) is 43.9 Å². The zero-order valence-electron chi connectivity index (χ0n) is 17.3. The van der Waals surface area contributed by atoms with Crippen molar-refractivity contribution in [3.05, 3.63) is 83.7 Å². The van der Waals surface area contributed by atoms with Crippen LogP contribution in [-0.4, -0.2) is 46.3 Å². The predicted octanol–water partition coefficient (Wildman–Crippen LogP) is 4.07. The van der Waals surface area contributed by atoms with Gasteiger partial charge in [0.25, 0.3) is 0 Å². The smallest absolute Gasteiger partial charge is 0.409 e. The second-order valence-electron chi connectivity index (χ2n) is 8.30. The summed E-state index contributed by atoms with van der Waals surface area (Å²) in [6.45, 7) is 0.725. The SMILES string of the molecule is Cn1cccc1C1CN(C(=O)OCC2c3ccccc3-c3ccccc32)CC1C(=O)O. The number of benzene rings is 2. The molecule has 2 aromatic carbocycles. The Morgan fingerprint density at radius 1 is 0.968 bits per heavy atom. The minimum absolute atomic E-state index is 0.0158. The first-order chi connectivity index (χ1) is 15.0. The van der Waals surface area contributed by atoms with Crippen molar-refractivity contribution in [2.75, 3.05) is 19.7 Å². The second kappa shape index (κ2) is 7.61. The van der Waals surface area contributed by atoms with Crippen molar-refractivity contribution in [2.45, 2.75) is 11.8 Å². The van der Waals surface area contributed by atoms with Crippen LogP contribution in [0, 0.1) is 5.92 Å². The van der Waals surface area contributed by atoms with Crippen molar-refractivity contribution in [1.29, 1.82) is 0 Å². The van der Waals surface area contributed by atoms with Gasteiger partial charge in [0.1, 0.15) is 6.61 Å². The molecule has 0 saturated carbocycles. The predicted molar refractivity (Wildman–Crippen MR) is 116 cm³/mol. The van der Waals surface area contributed by atoms with Gasteiger partial charge in [0.2, 0.25) is 0 Å². The monoisotopic (exact) mass is 416 g/mol. The number of aromatic nitrogens is 1. The number of amides is 1. The van der Waals surface area contributed by atoms with Gasteiger partial charge in [-0.3, -0.25) is 4.79 Å². The second-order valence-corrected chi connectivity index (χ2v) is 8.30. The molecule has 2 aliphatic rings. The minimum Gasteiger partial charge on any atom is -0.481 e. The number of rotatable bonds is 4. The Bertz CT molecular complexity index is 1110. The van der Waals surface area contributed by atoms with Crippen LogP contribution in [0.1, 0.15) is 28.7 Å². The van der Waals surface area contributed by atoms with E-state index in [0.29, 0.717) is 6.54 Å². The third-order valence-electron chi connectivity index (χ3n) is 6.60. The van der Waals surface area contributed by atoms with Gasteiger partial charge in [0.05, 0.1) is 5.92 Å². The van der Waals surface area contributed by atoms with Crippen molar-refractivity contribution in [3.63, 3.8) is 0 Å². The molecule has 1 aliphatic carbocycles. The van der Waals surface area contributed by atoms with E-state index in [0.717, 1.165) is 16.8 Å². The summed E-state index contributed by atoms with van der Waals surface area (Å²) in [5.74, 6) is -1.80. The molecule has 1 fully saturated rings. The van der Waals surface area contributed by atoms with E-state index in [1.807, 2.05) is 54.2 Å². The van der Waals surface area contributed by atoms with E-state index in [-0.39, 0.29) is 25.0 Å². The van der Waals surface area contributed by atoms with Gasteiger partial charge in [-0.25, -0.2) is 4.79 Å². The molecule has 6 nitrogen and oxygen atoms in total. The molecule has 3 aromatic rings. The molecule has 6 heteroatoms. The fourth-order valence-corrected chi connectivity index (χ4v) is 5.05. The van der Waals surface area contributed by atoms with E-state index < -0.39 is 18.0 Å². The number of carboxylic acid groups (broad SMARTS) is 1. The number of carbonyl (C=O) groups excluding carboxylic acids is 1. The Labute approximate surface area is 180 Å². The first-order valence-corrected chi connectivity index (χ1v) is 10.5. The van der Waals surface area contributed by atoms with E-state index >= 15 is 0 Å². The molecule has 1 aromatic heterocycles. The highest BCUT2D eigenvalue weighted by molar-refractivity contribution is 5.79. The average Bonchev–Trinajstić information content (AvgIpc) is 3.47. The van der Waals surface area contributed by atoms with E-state index in [2.05, 4.69) is 24.3 Å². The number of ether oxygens (including phenoxy) is 1. The van der Waals surface area contributed by atoms with Gasteiger partial charge >= 0.3 is 12.1 Å². The number of carbonyl (C=O) groups is 2. The number of aryl methyl sites for hydroxylation is 1. The normalized spacial score (nSPS) is 19.8. The standard InChI is InChI=1S/C25H24N2O4/c1-26-12-6-11-23(26)20-13-27(14-21(20)24(28)29)25(30)31-15-22-18-9-4-2-7-16(18)17-8-3-5-10-19(17)22/h2-12,20-22H,13-15H2,1H3,(H,28,29). The van der Waals surface area contributed by atoms with Crippen LogP contribution in [0.4, 0.5) is 4.79 Å². The zero-order valence-corrected chi connectivity index (χ0v) is 17.3. The lowest BCUT2D eigenvalue weighted by Crippen LogP contribution is -2.31. The number of nitrogens with zero attached hydrogens (tertiary/aromatic N) is 2. The molecule has 5 rings (SSSR count). The van der Waals surface area contributed by atoms with Crippen molar-refractivity contribution in [1.82, 2.24) is 9.47 Å². The van der Waals surface area contributed by atoms with Crippen LogP contribution >= 0.6 is 0 Å². The minimum atomic E-state index is -0.889. The lowest BCUT2D eigenvalue weighted by Gasteiger charge is -2.19. The average molecular weight is 416 g/mol. The van der Waals surface area contributed by atoms with Crippen LogP contribution in [0.3, 0.4) is 0 Å². The Morgan fingerprint density at radius 2 is 1.61 bits per heavy atom. The summed E-state index contributed by atoms with van der Waals surface area (Å²) in [6.07, 6.45) is 1.44. The van der Waals surface area contributed by atoms with Gasteiger partial charge in [-0.2, -0.15) is 0 Å². The fraction of sp³-hybridized carbons (Fsp3) is 0.280. The van der Waals surface area contributed by atoms with Crippen LogP contribution in [0.2, 0.25) is 0 Å². The van der Waals surface area contributed by atoms with Crippen molar-refractivity contribution in [2.24, 2.45) is 13.0 Å². The molecule has 2 unspecified atom stereocenters. The van der Waals surface area contributed by atoms with E-state index in [4.69, 9.17) is 4.74 Å². The van der Waals surface area contributed by atoms with Crippen LogP contribution in [0.15, 0.2) is 66.9 Å². The summed E-state index contributed by atoms with van der Waals surface area (Å²) in [5, 5.41) is 9.71. The highest BCUT2D eigenvalue weighted by Gasteiger charge is 2.42. The summed E-state index contributed by atoms with van der Waals surface area (Å²) in [6, 6.07) is 20.2. The topological polar surface area (TPSA) is 71.8 Å². The van der Waals surface area contributed by atoms with Crippen molar-refractivity contribution >= 4 is 12.1 Å². The molecule has 0 bridgehead atoms. The summed E-state index contributed by atoms with van der Waals surface area (Å²) in [5.41, 5.74) is 5.58. The molecule has 2 heterocycles. The number of likely N-dealkylation sites (tertiary alicyclic amines) is 1. The molecular formula is C25H24N2O4. The number of aliphatic carboxylic acids is 1. The number of carboxylic acids is 1. The van der Waals surface area contributed by atoms with E-state index in [1.54, 1.807) is 0 Å². The fourth-order valence-electron chi connectivity index (χ4n) is 5.05. The van der Waals surface area contributed by atoms with Crippen LogP contribution in [0.5, 0.6) is 0 Å². The Balaban J connectivity index is 1.32. The molecule has 31 heavy (non-hydrogen) atoms. The molecule has 1 N–H and O–H groups in total. The maximum Gasteiger partial charge on any atom is 0.409 e. The number of hydrogen-bond donors (Lipinski definition) is 1. The molecule has 1 saturated heterocycles. The van der Waals surface area contributed by atoms with E-state index in [1.165, 1.54) is 16.0 Å². The lowest BCUT2D eigenvalue weighted by molar-refractivity contribution is -0.141. The largest absolute Gasteiger partial charge is 0.481 e. The van der Waals surface area contributed by atoms with Crippen LogP contribution in [0.25, 0.3) is 11.1 Å². The summed E-state index contributed by atoms with van der Waals surface area (Å²) >= 11 is 0.